The van der Waals surface area contributed by atoms with Crippen molar-refractivity contribution in [1.82, 2.24) is 25.5 Å². The molecule has 0 aliphatic carbocycles. The van der Waals surface area contributed by atoms with E-state index >= 15 is 0 Å². The Bertz CT molecular complexity index is 827. The summed E-state index contributed by atoms with van der Waals surface area (Å²) in [4.78, 5) is 14.2. The van der Waals surface area contributed by atoms with Gasteiger partial charge in [-0.25, -0.2) is 4.68 Å². The van der Waals surface area contributed by atoms with Gasteiger partial charge in [0.15, 0.2) is 0 Å². The fraction of sp³-hybridized carbons (Fsp3) is 0.222. The molecule has 128 valence electrons. The molecular weight excluding hydrogens is 316 g/mol. The van der Waals surface area contributed by atoms with Crippen molar-refractivity contribution in [3.63, 3.8) is 0 Å². The SMILES string of the molecule is CN(C)c1cccc(CNC(=O)Cc2ccc(-n3cnnn3)cc2)c1. The number of tetrazole rings is 1. The molecule has 0 atom stereocenters. The number of nitrogens with zero attached hydrogens (tertiary/aromatic N) is 5. The van der Waals surface area contributed by atoms with Crippen LogP contribution in [-0.4, -0.2) is 40.2 Å². The maximum absolute atomic E-state index is 12.2. The van der Waals surface area contributed by atoms with E-state index in [2.05, 4.69) is 26.9 Å². The van der Waals surface area contributed by atoms with Crippen molar-refractivity contribution in [3.8, 4) is 5.69 Å². The van der Waals surface area contributed by atoms with Gasteiger partial charge in [-0.15, -0.1) is 5.10 Å². The molecule has 0 bridgehead atoms. The molecule has 3 rings (SSSR count). The van der Waals surface area contributed by atoms with Crippen LogP contribution in [0.25, 0.3) is 5.69 Å². The van der Waals surface area contributed by atoms with Gasteiger partial charge >= 0.3 is 0 Å². The van der Waals surface area contributed by atoms with E-state index < -0.39 is 0 Å². The van der Waals surface area contributed by atoms with Crippen molar-refractivity contribution in [1.29, 1.82) is 0 Å². The minimum absolute atomic E-state index is 0.00886. The number of anilines is 1. The van der Waals surface area contributed by atoms with Crippen LogP contribution in [0.5, 0.6) is 0 Å². The Morgan fingerprint density at radius 3 is 2.60 bits per heavy atom. The lowest BCUT2D eigenvalue weighted by atomic mass is 10.1. The Morgan fingerprint density at radius 2 is 1.92 bits per heavy atom. The number of aromatic nitrogens is 4. The number of carbonyl (C=O) groups is 1. The maximum Gasteiger partial charge on any atom is 0.224 e. The molecule has 0 spiro atoms. The summed E-state index contributed by atoms with van der Waals surface area (Å²) in [6, 6.07) is 15.7. The van der Waals surface area contributed by atoms with Gasteiger partial charge in [0.1, 0.15) is 6.33 Å². The van der Waals surface area contributed by atoms with Gasteiger partial charge in [0, 0.05) is 26.3 Å². The van der Waals surface area contributed by atoms with Gasteiger partial charge in [0.2, 0.25) is 5.91 Å². The lowest BCUT2D eigenvalue weighted by Crippen LogP contribution is -2.24. The fourth-order valence-corrected chi connectivity index (χ4v) is 2.44. The Hall–Kier alpha value is -3.22. The van der Waals surface area contributed by atoms with Crippen LogP contribution >= 0.6 is 0 Å². The summed E-state index contributed by atoms with van der Waals surface area (Å²) in [5.41, 5.74) is 3.99. The highest BCUT2D eigenvalue weighted by atomic mass is 16.1. The quantitative estimate of drug-likeness (QED) is 0.740. The van der Waals surface area contributed by atoms with Crippen molar-refractivity contribution in [2.75, 3.05) is 19.0 Å². The van der Waals surface area contributed by atoms with E-state index in [4.69, 9.17) is 0 Å². The van der Waals surface area contributed by atoms with Crippen LogP contribution in [-0.2, 0) is 17.8 Å². The molecule has 1 N–H and O–H groups in total. The molecule has 7 heteroatoms. The predicted molar refractivity (Wildman–Crippen MR) is 95.5 cm³/mol. The molecule has 1 aromatic heterocycles. The molecule has 1 heterocycles. The second kappa shape index (κ2) is 7.57. The van der Waals surface area contributed by atoms with E-state index in [-0.39, 0.29) is 5.91 Å². The highest BCUT2D eigenvalue weighted by Crippen LogP contribution is 2.13. The number of carbonyl (C=O) groups excluding carboxylic acids is 1. The molecule has 0 unspecified atom stereocenters. The second-order valence-corrected chi connectivity index (χ2v) is 5.94. The van der Waals surface area contributed by atoms with E-state index in [9.17, 15) is 4.79 Å². The van der Waals surface area contributed by atoms with Crippen LogP contribution in [0.2, 0.25) is 0 Å². The maximum atomic E-state index is 12.2. The minimum Gasteiger partial charge on any atom is -0.378 e. The molecule has 1 amide bonds. The lowest BCUT2D eigenvalue weighted by molar-refractivity contribution is -0.120. The first-order valence-electron chi connectivity index (χ1n) is 7.97. The Labute approximate surface area is 146 Å². The van der Waals surface area contributed by atoms with Crippen LogP contribution in [0.15, 0.2) is 54.9 Å². The van der Waals surface area contributed by atoms with Gasteiger partial charge in [-0.05, 0) is 45.8 Å². The summed E-state index contributed by atoms with van der Waals surface area (Å²) in [5.74, 6) is -0.00886. The average molecular weight is 336 g/mol. The van der Waals surface area contributed by atoms with E-state index in [0.29, 0.717) is 13.0 Å². The fourth-order valence-electron chi connectivity index (χ4n) is 2.44. The summed E-state index contributed by atoms with van der Waals surface area (Å²) in [6.07, 6.45) is 1.87. The third-order valence-corrected chi connectivity index (χ3v) is 3.83. The minimum atomic E-state index is -0.00886. The van der Waals surface area contributed by atoms with Crippen molar-refractivity contribution in [2.24, 2.45) is 0 Å². The first-order chi connectivity index (χ1) is 12.1. The Morgan fingerprint density at radius 1 is 1.12 bits per heavy atom. The molecule has 2 aromatic carbocycles. The molecule has 7 nitrogen and oxygen atoms in total. The number of hydrogen-bond donors (Lipinski definition) is 1. The zero-order chi connectivity index (χ0) is 17.6. The van der Waals surface area contributed by atoms with E-state index in [1.165, 1.54) is 6.33 Å². The number of nitrogens with one attached hydrogen (secondary N) is 1. The van der Waals surface area contributed by atoms with Crippen LogP contribution in [0, 0.1) is 0 Å². The molecule has 0 aliphatic rings. The molecule has 25 heavy (non-hydrogen) atoms. The zero-order valence-electron chi connectivity index (χ0n) is 14.3. The van der Waals surface area contributed by atoms with Crippen molar-refractivity contribution < 1.29 is 4.79 Å². The normalized spacial score (nSPS) is 10.5. The van der Waals surface area contributed by atoms with Gasteiger partial charge in [-0.3, -0.25) is 4.79 Å². The van der Waals surface area contributed by atoms with E-state index in [1.807, 2.05) is 61.5 Å². The summed E-state index contributed by atoms with van der Waals surface area (Å²) in [6.45, 7) is 0.517. The van der Waals surface area contributed by atoms with Crippen molar-refractivity contribution in [3.05, 3.63) is 66.0 Å². The predicted octanol–water partition coefficient (Wildman–Crippen LogP) is 1.59. The van der Waals surface area contributed by atoms with E-state index in [0.717, 1.165) is 22.5 Å². The highest BCUT2D eigenvalue weighted by molar-refractivity contribution is 5.78. The molecule has 0 radical (unpaired) electrons. The van der Waals surface area contributed by atoms with Gasteiger partial charge < -0.3 is 10.2 Å². The molecule has 3 aromatic rings. The molecular formula is C18H20N6O. The largest absolute Gasteiger partial charge is 0.378 e. The zero-order valence-corrected chi connectivity index (χ0v) is 14.3. The molecule has 0 aliphatic heterocycles. The third kappa shape index (κ3) is 4.41. The van der Waals surface area contributed by atoms with Crippen LogP contribution < -0.4 is 10.2 Å². The summed E-state index contributed by atoms with van der Waals surface area (Å²) >= 11 is 0. The van der Waals surface area contributed by atoms with Gasteiger partial charge in [0.25, 0.3) is 0 Å². The van der Waals surface area contributed by atoms with Gasteiger partial charge in [0.05, 0.1) is 12.1 Å². The van der Waals surface area contributed by atoms with Crippen molar-refractivity contribution in [2.45, 2.75) is 13.0 Å². The number of amides is 1. The van der Waals surface area contributed by atoms with Gasteiger partial charge in [-0.2, -0.15) is 0 Å². The summed E-state index contributed by atoms with van der Waals surface area (Å²) < 4.78 is 1.57. The summed E-state index contributed by atoms with van der Waals surface area (Å²) in [5, 5.41) is 14.0. The van der Waals surface area contributed by atoms with E-state index in [1.54, 1.807) is 4.68 Å². The standard InChI is InChI=1S/C18H20N6O/c1-23(2)17-5-3-4-15(10-17)12-19-18(25)11-14-6-8-16(9-7-14)24-13-20-21-22-24/h3-10,13H,11-12H2,1-2H3,(H,19,25). The smallest absolute Gasteiger partial charge is 0.224 e. The van der Waals surface area contributed by atoms with Crippen LogP contribution in [0.1, 0.15) is 11.1 Å². The number of rotatable bonds is 6. The first-order valence-corrected chi connectivity index (χ1v) is 7.97. The summed E-state index contributed by atoms with van der Waals surface area (Å²) in [7, 11) is 3.99. The Kier molecular flexibility index (Phi) is 5.03. The van der Waals surface area contributed by atoms with Gasteiger partial charge in [-0.1, -0.05) is 24.3 Å². The first kappa shape index (κ1) is 16.6. The molecule has 0 saturated heterocycles. The number of hydrogen-bond acceptors (Lipinski definition) is 5. The highest BCUT2D eigenvalue weighted by Gasteiger charge is 2.05. The van der Waals surface area contributed by atoms with Crippen LogP contribution in [0.3, 0.4) is 0 Å². The second-order valence-electron chi connectivity index (χ2n) is 5.94. The topological polar surface area (TPSA) is 75.9 Å². The molecule has 0 fully saturated rings. The molecule has 0 saturated carbocycles. The Balaban J connectivity index is 1.55. The third-order valence-electron chi connectivity index (χ3n) is 3.83. The monoisotopic (exact) mass is 336 g/mol. The average Bonchev–Trinajstić information content (AvgIpc) is 3.15. The van der Waals surface area contributed by atoms with Crippen molar-refractivity contribution >= 4 is 11.6 Å². The number of benzene rings is 2. The lowest BCUT2D eigenvalue weighted by Gasteiger charge is -2.14. The van der Waals surface area contributed by atoms with Crippen LogP contribution in [0.4, 0.5) is 5.69 Å².